The lowest BCUT2D eigenvalue weighted by Gasteiger charge is -2.43. The predicted molar refractivity (Wildman–Crippen MR) is 201 cm³/mol. The Hall–Kier alpha value is -3.40. The van der Waals surface area contributed by atoms with Crippen molar-refractivity contribution in [2.45, 2.75) is 153 Å². The molecule has 0 saturated carbocycles. The lowest BCUT2D eigenvalue weighted by Crippen LogP contribution is -2.66. The van der Waals surface area contributed by atoms with Gasteiger partial charge in [-0.25, -0.2) is 4.18 Å². The van der Waals surface area contributed by atoms with Gasteiger partial charge in [0.05, 0.1) is 13.0 Å². The van der Waals surface area contributed by atoms with E-state index in [0.717, 1.165) is 36.8 Å². The van der Waals surface area contributed by atoms with Crippen LogP contribution in [0.2, 0.25) is 0 Å². The van der Waals surface area contributed by atoms with Crippen LogP contribution in [0.5, 0.6) is 0 Å². The van der Waals surface area contributed by atoms with E-state index in [1.165, 1.54) is 25.7 Å². The maximum Gasteiger partial charge on any atom is 0.397 e. The van der Waals surface area contributed by atoms with E-state index in [4.69, 9.17) is 18.4 Å². The van der Waals surface area contributed by atoms with E-state index in [0.29, 0.717) is 38.5 Å². The third-order valence-corrected chi connectivity index (χ3v) is 9.86. The number of carbonyl (C=O) groups excluding carboxylic acids is 3. The van der Waals surface area contributed by atoms with Gasteiger partial charge < -0.3 is 29.7 Å². The van der Waals surface area contributed by atoms with Gasteiger partial charge >= 0.3 is 22.3 Å². The number of hydrogen-bond acceptors (Lipinski definition) is 11. The van der Waals surface area contributed by atoms with E-state index in [2.05, 4.69) is 12.2 Å². The second kappa shape index (κ2) is 24.9. The fourth-order valence-corrected chi connectivity index (χ4v) is 7.09. The summed E-state index contributed by atoms with van der Waals surface area (Å²) in [6.07, 6.45) is 4.33. The number of aliphatic hydroxyl groups is 2. The Morgan fingerprint density at radius 3 is 1.85 bits per heavy atom. The molecule has 302 valence electrons. The molecule has 6 atom stereocenters. The van der Waals surface area contributed by atoms with E-state index in [9.17, 15) is 37.6 Å². The smallest absolute Gasteiger partial charge is 0.397 e. The average molecular weight is 778 g/mol. The Morgan fingerprint density at radius 1 is 0.778 bits per heavy atom. The minimum absolute atomic E-state index is 0.105. The van der Waals surface area contributed by atoms with Crippen molar-refractivity contribution in [1.29, 1.82) is 0 Å². The minimum Gasteiger partial charge on any atom is -0.462 e. The van der Waals surface area contributed by atoms with Crippen LogP contribution >= 0.6 is 0 Å². The molecule has 1 aliphatic heterocycles. The number of unbranched alkanes of at least 4 members (excludes halogenated alkanes) is 8. The van der Waals surface area contributed by atoms with E-state index in [1.54, 1.807) is 0 Å². The summed E-state index contributed by atoms with van der Waals surface area (Å²) >= 11 is 0. The van der Waals surface area contributed by atoms with Gasteiger partial charge in [-0.2, -0.15) is 8.42 Å². The van der Waals surface area contributed by atoms with Crippen molar-refractivity contribution in [3.05, 3.63) is 71.8 Å². The second-order valence-electron chi connectivity index (χ2n) is 13.9. The van der Waals surface area contributed by atoms with Crippen molar-refractivity contribution in [2.75, 3.05) is 6.61 Å². The number of esters is 2. The lowest BCUT2D eigenvalue weighted by molar-refractivity contribution is -0.254. The van der Waals surface area contributed by atoms with Crippen molar-refractivity contribution in [3.8, 4) is 0 Å². The molecule has 0 spiro atoms. The zero-order valence-corrected chi connectivity index (χ0v) is 32.2. The van der Waals surface area contributed by atoms with Crippen LogP contribution in [0.15, 0.2) is 60.7 Å². The summed E-state index contributed by atoms with van der Waals surface area (Å²) < 4.78 is 54.7. The second-order valence-corrected chi connectivity index (χ2v) is 14.9. The van der Waals surface area contributed by atoms with Gasteiger partial charge in [0.25, 0.3) is 0 Å². The Bertz CT molecular complexity index is 1480. The Balaban J connectivity index is 1.67. The molecule has 2 aromatic rings. The molecule has 0 aliphatic carbocycles. The fourth-order valence-electron chi connectivity index (χ4n) is 6.57. The number of ether oxygens (including phenoxy) is 3. The summed E-state index contributed by atoms with van der Waals surface area (Å²) in [4.78, 5) is 39.5. The number of amides is 1. The van der Waals surface area contributed by atoms with Crippen molar-refractivity contribution < 1.29 is 56.0 Å². The highest BCUT2D eigenvalue weighted by atomic mass is 32.3. The van der Waals surface area contributed by atoms with Crippen LogP contribution in [0.4, 0.5) is 0 Å². The lowest BCUT2D eigenvalue weighted by atomic mass is 9.96. The molecule has 2 aromatic carbocycles. The first-order valence-electron chi connectivity index (χ1n) is 19.3. The topological polar surface area (TPSA) is 195 Å². The van der Waals surface area contributed by atoms with E-state index in [1.807, 2.05) is 60.7 Å². The van der Waals surface area contributed by atoms with E-state index < -0.39 is 71.6 Å². The zero-order chi connectivity index (χ0) is 39.2. The van der Waals surface area contributed by atoms with Crippen molar-refractivity contribution >= 4 is 28.2 Å². The van der Waals surface area contributed by atoms with Gasteiger partial charge in [0.2, 0.25) is 5.91 Å². The van der Waals surface area contributed by atoms with Crippen LogP contribution in [0.25, 0.3) is 0 Å². The Kier molecular flexibility index (Phi) is 20.7. The van der Waals surface area contributed by atoms with Gasteiger partial charge in [0.1, 0.15) is 24.4 Å². The first-order chi connectivity index (χ1) is 26.0. The number of rotatable bonds is 26. The number of aliphatic hydroxyl groups excluding tert-OH is 2. The van der Waals surface area contributed by atoms with Crippen LogP contribution in [-0.4, -0.2) is 84.4 Å². The summed E-state index contributed by atoms with van der Waals surface area (Å²) in [5, 5.41) is 23.4. The van der Waals surface area contributed by atoms with Gasteiger partial charge in [-0.3, -0.25) is 18.9 Å². The highest BCUT2D eigenvalue weighted by Crippen LogP contribution is 2.27. The molecule has 54 heavy (non-hydrogen) atoms. The molecule has 0 bridgehead atoms. The Morgan fingerprint density at radius 2 is 1.31 bits per heavy atom. The molecule has 2 unspecified atom stereocenters. The van der Waals surface area contributed by atoms with Crippen LogP contribution in [-0.2, 0) is 56.0 Å². The molecule has 1 heterocycles. The maximum absolute atomic E-state index is 13.5. The number of carbonyl (C=O) groups is 3. The van der Waals surface area contributed by atoms with Crippen LogP contribution < -0.4 is 5.32 Å². The largest absolute Gasteiger partial charge is 0.462 e. The summed E-state index contributed by atoms with van der Waals surface area (Å²) in [6.45, 7) is 1.31. The third-order valence-electron chi connectivity index (χ3n) is 9.39. The molecular weight excluding hydrogens is 719 g/mol. The summed E-state index contributed by atoms with van der Waals surface area (Å²) in [6, 6.07) is 17.6. The third kappa shape index (κ3) is 17.8. The molecule has 14 heteroatoms. The first kappa shape index (κ1) is 45.0. The molecule has 1 aliphatic rings. The maximum atomic E-state index is 13.5. The number of nitrogens with one attached hydrogen (secondary N) is 1. The molecule has 3 rings (SSSR count). The average Bonchev–Trinajstić information content (AvgIpc) is 3.13. The van der Waals surface area contributed by atoms with Crippen molar-refractivity contribution in [2.24, 2.45) is 0 Å². The molecule has 4 N–H and O–H groups in total. The molecule has 1 fully saturated rings. The molecule has 0 radical (unpaired) electrons. The van der Waals surface area contributed by atoms with Crippen molar-refractivity contribution in [3.63, 3.8) is 0 Å². The Labute approximate surface area is 320 Å². The summed E-state index contributed by atoms with van der Waals surface area (Å²) in [7, 11) is -5.17. The summed E-state index contributed by atoms with van der Waals surface area (Å²) in [5.41, 5.74) is 2.08. The van der Waals surface area contributed by atoms with Gasteiger partial charge in [0.15, 0.2) is 12.4 Å². The van der Waals surface area contributed by atoms with Crippen LogP contribution in [0.1, 0.15) is 114 Å². The standard InChI is InChI=1S/C40H59NO12S/c1-2-3-4-5-6-7-8-9-16-25-32(50-35(44)26-17-23-30-19-12-10-13-20-30)28-34(43)41-37-39(38(53-54(47,48)49)33(29-42)51-40(37)46)52-36(45)27-18-24-31-21-14-11-15-22-31/h10-15,19-22,32-33,37-40,42,46H,2-9,16-18,23-29H2,1H3,(H,41,43)(H,47,48,49)/t32?,33-,37-,38-,39-,40?/m1/s1. The number of benzene rings is 2. The minimum atomic E-state index is -5.17. The van der Waals surface area contributed by atoms with Gasteiger partial charge in [-0.05, 0) is 49.7 Å². The molecule has 0 aromatic heterocycles. The van der Waals surface area contributed by atoms with E-state index >= 15 is 0 Å². The molecule has 1 amide bonds. The molecule has 1 saturated heterocycles. The quantitative estimate of drug-likeness (QED) is 0.0530. The van der Waals surface area contributed by atoms with Crippen LogP contribution in [0, 0.1) is 0 Å². The van der Waals surface area contributed by atoms with Gasteiger partial charge in [-0.1, -0.05) is 119 Å². The monoisotopic (exact) mass is 777 g/mol. The number of aryl methyl sites for hydroxylation is 2. The van der Waals surface area contributed by atoms with Gasteiger partial charge in [-0.15, -0.1) is 0 Å². The molecule has 13 nitrogen and oxygen atoms in total. The van der Waals surface area contributed by atoms with E-state index in [-0.39, 0.29) is 19.3 Å². The fraction of sp³-hybridized carbons (Fsp3) is 0.625. The summed E-state index contributed by atoms with van der Waals surface area (Å²) in [5.74, 6) is -1.94. The van der Waals surface area contributed by atoms with Crippen molar-refractivity contribution in [1.82, 2.24) is 5.32 Å². The molecular formula is C40H59NO12S. The predicted octanol–water partition coefficient (Wildman–Crippen LogP) is 5.55. The normalized spacial score (nSPS) is 20.6. The highest BCUT2D eigenvalue weighted by Gasteiger charge is 2.50. The highest BCUT2D eigenvalue weighted by molar-refractivity contribution is 7.80. The number of hydrogen-bond donors (Lipinski definition) is 4. The SMILES string of the molecule is CCCCCCCCCCCC(CC(=O)N[C@H]1C(O)O[C@H](CO)[C@@H](OS(=O)(=O)O)[C@@H]1OC(=O)CCCc1ccccc1)OC(=O)CCCc1ccccc1. The first-order valence-corrected chi connectivity index (χ1v) is 20.7. The zero-order valence-electron chi connectivity index (χ0n) is 31.4. The van der Waals surface area contributed by atoms with Gasteiger partial charge in [0, 0.05) is 12.8 Å². The van der Waals surface area contributed by atoms with Crippen LogP contribution in [0.3, 0.4) is 0 Å².